The topological polar surface area (TPSA) is 147 Å². The third-order valence-corrected chi connectivity index (χ3v) is 10.5. The Balaban J connectivity index is 1.63. The number of hydrogen-bond donors (Lipinski definition) is 1. The van der Waals surface area contributed by atoms with Crippen molar-refractivity contribution in [3.63, 3.8) is 0 Å². The molecule has 0 bridgehead atoms. The van der Waals surface area contributed by atoms with Crippen LogP contribution in [0.1, 0.15) is 69.4 Å². The fourth-order valence-corrected chi connectivity index (χ4v) is 7.94. The molecule has 0 saturated carbocycles. The molecule has 0 spiro atoms. The summed E-state index contributed by atoms with van der Waals surface area (Å²) in [5, 5.41) is 7.18. The van der Waals surface area contributed by atoms with Gasteiger partial charge in [0, 0.05) is 50.2 Å². The van der Waals surface area contributed by atoms with Gasteiger partial charge in [0.2, 0.25) is 0 Å². The molecule has 1 atom stereocenters. The van der Waals surface area contributed by atoms with E-state index in [4.69, 9.17) is 37.6 Å². The van der Waals surface area contributed by atoms with Gasteiger partial charge in [-0.25, -0.2) is 14.8 Å². The predicted molar refractivity (Wildman–Crippen MR) is 205 cm³/mol. The molecule has 1 aromatic carbocycles. The number of ether oxygens (including phenoxy) is 3. The second kappa shape index (κ2) is 18.4. The van der Waals surface area contributed by atoms with E-state index in [-0.39, 0.29) is 24.1 Å². The lowest BCUT2D eigenvalue weighted by molar-refractivity contribution is -0.115. The van der Waals surface area contributed by atoms with Gasteiger partial charge in [0.15, 0.2) is 25.4 Å². The molecule has 2 aromatic heterocycles. The predicted octanol–water partition coefficient (Wildman–Crippen LogP) is 5.08. The molecule has 3 aromatic rings. The average Bonchev–Trinajstić information content (AvgIpc) is 3.45. The smallest absolute Gasteiger partial charge is 0.410 e. The zero-order valence-corrected chi connectivity index (χ0v) is 35.4. The van der Waals surface area contributed by atoms with Gasteiger partial charge in [-0.05, 0) is 71.6 Å². The number of amides is 2. The highest BCUT2D eigenvalue weighted by molar-refractivity contribution is 6.26. The summed E-state index contributed by atoms with van der Waals surface area (Å²) in [4.78, 5) is 37.7. The maximum absolute atomic E-state index is 13.5. The van der Waals surface area contributed by atoms with Crippen LogP contribution in [0.4, 0.5) is 4.79 Å². The van der Waals surface area contributed by atoms with Crippen molar-refractivity contribution in [2.45, 2.75) is 86.3 Å². The molecule has 2 amide bonds. The monoisotopic (exact) mass is 755 g/mol. The summed E-state index contributed by atoms with van der Waals surface area (Å²) in [6.45, 7) is 20.1. The van der Waals surface area contributed by atoms with Crippen molar-refractivity contribution in [1.82, 2.24) is 25.3 Å². The highest BCUT2D eigenvalue weighted by Crippen LogP contribution is 2.36. The van der Waals surface area contributed by atoms with Gasteiger partial charge < -0.3 is 37.8 Å². The molecule has 3 heterocycles. The van der Waals surface area contributed by atoms with E-state index >= 15 is 0 Å². The number of rotatable bonds is 16. The second-order valence-electron chi connectivity index (χ2n) is 14.9. The minimum atomic E-state index is -0.780. The molecule has 15 heteroatoms. The first-order valence-electron chi connectivity index (χ1n) is 18.2. The summed E-state index contributed by atoms with van der Waals surface area (Å²) < 4.78 is 35.5. The molecule has 286 valence electrons. The summed E-state index contributed by atoms with van der Waals surface area (Å²) in [5.41, 5.74) is 1.72. The van der Waals surface area contributed by atoms with Crippen molar-refractivity contribution in [1.29, 1.82) is 0 Å². The third-order valence-electron chi connectivity index (χ3n) is 9.18. The SMILES string of the molecule is C[SiH2]OC(O[SiH2]C)C(C)(C)C(COc1cccc(-c2nc(C(=O)NCC3CCOCC3)cc(-c3c(C)noc3C)n2)c1)CN(C)C(=O)OC(C)(C)C. The van der Waals surface area contributed by atoms with Crippen LogP contribution in [0.3, 0.4) is 0 Å². The van der Waals surface area contributed by atoms with E-state index in [1.165, 1.54) is 0 Å². The number of aryl methyl sites for hydroxylation is 2. The fraction of sp³-hybridized carbons (Fsp3) is 0.595. The zero-order chi connectivity index (χ0) is 38.1. The van der Waals surface area contributed by atoms with Gasteiger partial charge in [-0.1, -0.05) is 44.2 Å². The summed E-state index contributed by atoms with van der Waals surface area (Å²) in [6, 6.07) is 9.17. The molecule has 0 radical (unpaired) electrons. The van der Waals surface area contributed by atoms with Gasteiger partial charge in [0.05, 0.1) is 23.6 Å². The van der Waals surface area contributed by atoms with Crippen molar-refractivity contribution in [3.8, 4) is 28.4 Å². The minimum Gasteiger partial charge on any atom is -0.493 e. The lowest BCUT2D eigenvalue weighted by Crippen LogP contribution is -2.49. The number of benzene rings is 1. The van der Waals surface area contributed by atoms with E-state index in [1.807, 2.05) is 58.9 Å². The van der Waals surface area contributed by atoms with Crippen LogP contribution in [-0.2, 0) is 18.3 Å². The van der Waals surface area contributed by atoms with E-state index in [1.54, 1.807) is 18.0 Å². The fourth-order valence-electron chi connectivity index (χ4n) is 6.09. The zero-order valence-electron chi connectivity index (χ0n) is 32.5. The quantitative estimate of drug-likeness (QED) is 0.154. The average molecular weight is 756 g/mol. The van der Waals surface area contributed by atoms with Crippen LogP contribution in [0.15, 0.2) is 34.9 Å². The van der Waals surface area contributed by atoms with E-state index in [0.29, 0.717) is 66.5 Å². The largest absolute Gasteiger partial charge is 0.493 e. The van der Waals surface area contributed by atoms with Gasteiger partial charge in [0.25, 0.3) is 5.91 Å². The Bertz CT molecular complexity index is 1610. The van der Waals surface area contributed by atoms with Gasteiger partial charge >= 0.3 is 6.09 Å². The maximum atomic E-state index is 13.5. The Morgan fingerprint density at radius 3 is 2.35 bits per heavy atom. The number of carbonyl (C=O) groups is 2. The number of nitrogens with one attached hydrogen (secondary N) is 1. The van der Waals surface area contributed by atoms with Crippen molar-refractivity contribution >= 4 is 31.5 Å². The van der Waals surface area contributed by atoms with Gasteiger partial charge in [-0.3, -0.25) is 4.79 Å². The Morgan fingerprint density at radius 2 is 1.73 bits per heavy atom. The van der Waals surface area contributed by atoms with Gasteiger partial charge in [0.1, 0.15) is 29.1 Å². The summed E-state index contributed by atoms with van der Waals surface area (Å²) >= 11 is 0. The highest BCUT2D eigenvalue weighted by atomic mass is 28.2. The first kappa shape index (κ1) is 41.1. The molecule has 1 aliphatic rings. The number of hydrogen-bond acceptors (Lipinski definition) is 11. The number of nitrogens with zero attached hydrogens (tertiary/aromatic N) is 4. The third kappa shape index (κ3) is 11.2. The first-order valence-corrected chi connectivity index (χ1v) is 22.2. The van der Waals surface area contributed by atoms with Crippen LogP contribution >= 0.6 is 0 Å². The van der Waals surface area contributed by atoms with Crippen LogP contribution in [0.5, 0.6) is 5.75 Å². The molecule has 1 saturated heterocycles. The molecule has 13 nitrogen and oxygen atoms in total. The standard InChI is InChI=1S/C37H57N5O8Si2/c1-23-31(24(2)48-41-23)29-19-30(33(43)38-20-25-14-16-45-17-15-25)40-32(39-29)26-12-11-13-28(18-26)46-22-27(21-42(8)35(44)47-36(3,4)5)37(6,7)34(49-51-9)50-52-10/h11-13,18-19,25,27,34H,14-17,20-22,51-52H2,1-10H3,(H,38,43). The van der Waals surface area contributed by atoms with Crippen LogP contribution in [-0.4, -0.2) is 103 Å². The van der Waals surface area contributed by atoms with Crippen LogP contribution in [0.2, 0.25) is 13.1 Å². The lowest BCUT2D eigenvalue weighted by atomic mass is 9.78. The molecule has 1 N–H and O–H groups in total. The van der Waals surface area contributed by atoms with E-state index < -0.39 is 42.9 Å². The van der Waals surface area contributed by atoms with Crippen molar-refractivity contribution in [2.24, 2.45) is 17.3 Å². The van der Waals surface area contributed by atoms with E-state index in [2.05, 4.69) is 37.4 Å². The molecular formula is C37H57N5O8Si2. The van der Waals surface area contributed by atoms with Crippen molar-refractivity contribution in [3.05, 3.63) is 47.5 Å². The maximum Gasteiger partial charge on any atom is 0.410 e. The number of aromatic nitrogens is 3. The summed E-state index contributed by atoms with van der Waals surface area (Å²) in [6.07, 6.45) is 0.988. The van der Waals surface area contributed by atoms with Crippen LogP contribution in [0, 0.1) is 31.1 Å². The number of carbonyl (C=O) groups excluding carboxylic acids is 2. The van der Waals surface area contributed by atoms with Gasteiger partial charge in [-0.2, -0.15) is 0 Å². The van der Waals surface area contributed by atoms with Crippen LogP contribution < -0.4 is 10.1 Å². The molecule has 1 aliphatic heterocycles. The Kier molecular flexibility index (Phi) is 14.6. The second-order valence-corrected chi connectivity index (χ2v) is 16.7. The van der Waals surface area contributed by atoms with Crippen molar-refractivity contribution < 1.29 is 37.2 Å². The van der Waals surface area contributed by atoms with Gasteiger partial charge in [-0.15, -0.1) is 0 Å². The molecule has 4 rings (SSSR count). The Morgan fingerprint density at radius 1 is 1.04 bits per heavy atom. The molecular weight excluding hydrogens is 699 g/mol. The molecule has 1 unspecified atom stereocenters. The van der Waals surface area contributed by atoms with Crippen LogP contribution in [0.25, 0.3) is 22.6 Å². The molecule has 0 aliphatic carbocycles. The van der Waals surface area contributed by atoms with E-state index in [9.17, 15) is 9.59 Å². The summed E-state index contributed by atoms with van der Waals surface area (Å²) in [5.74, 6) is 1.44. The Hall–Kier alpha value is -3.64. The first-order chi connectivity index (χ1) is 24.6. The Labute approximate surface area is 312 Å². The minimum absolute atomic E-state index is 0.190. The highest BCUT2D eigenvalue weighted by Gasteiger charge is 2.40. The molecule has 1 fully saturated rings. The molecule has 52 heavy (non-hydrogen) atoms. The van der Waals surface area contributed by atoms with Crippen molar-refractivity contribution in [2.75, 3.05) is 40.0 Å². The lowest BCUT2D eigenvalue weighted by Gasteiger charge is -2.42. The normalized spacial score (nSPS) is 15.7. The van der Waals surface area contributed by atoms with E-state index in [0.717, 1.165) is 18.4 Å². The summed E-state index contributed by atoms with van der Waals surface area (Å²) in [7, 11) is 0.174.